The molecule has 2 nitrogen and oxygen atoms in total. The van der Waals surface area contributed by atoms with Crippen LogP contribution in [-0.2, 0) is 0 Å². The Kier molecular flexibility index (Phi) is 5.26. The fourth-order valence-corrected chi connectivity index (χ4v) is 3.15. The average molecular weight is 282 g/mol. The molecule has 19 heavy (non-hydrogen) atoms. The first-order chi connectivity index (χ1) is 9.15. The molecule has 106 valence electrons. The van der Waals surface area contributed by atoms with Crippen molar-refractivity contribution in [2.45, 2.75) is 45.1 Å². The minimum absolute atomic E-state index is 0.0884. The molecule has 1 saturated carbocycles. The standard InChI is InChI=1S/C16H24ClNO/c1-13(14-6-5-7-15(17)10-14)18-11-16(12-19)8-3-2-4-9-16/h5-7,10,13,18-19H,2-4,8-9,11-12H2,1H3. The molecule has 1 aromatic rings. The zero-order chi connectivity index (χ0) is 13.7. The van der Waals surface area contributed by atoms with Crippen LogP contribution in [0.25, 0.3) is 0 Å². The number of hydrogen-bond acceptors (Lipinski definition) is 2. The van der Waals surface area contributed by atoms with E-state index < -0.39 is 0 Å². The van der Waals surface area contributed by atoms with Crippen LogP contribution >= 0.6 is 11.6 Å². The summed E-state index contributed by atoms with van der Waals surface area (Å²) in [6, 6.07) is 8.25. The number of aliphatic hydroxyl groups excluding tert-OH is 1. The molecule has 3 heteroatoms. The van der Waals surface area contributed by atoms with Gasteiger partial charge in [0.1, 0.15) is 0 Å². The molecule has 0 spiro atoms. The molecule has 1 atom stereocenters. The van der Waals surface area contributed by atoms with Gasteiger partial charge in [-0.2, -0.15) is 0 Å². The lowest BCUT2D eigenvalue weighted by molar-refractivity contribution is 0.0789. The van der Waals surface area contributed by atoms with Gasteiger partial charge >= 0.3 is 0 Å². The molecule has 0 amide bonds. The molecular weight excluding hydrogens is 258 g/mol. The van der Waals surface area contributed by atoms with E-state index in [0.717, 1.165) is 24.4 Å². The molecule has 1 aromatic carbocycles. The second-order valence-corrected chi connectivity index (χ2v) is 6.31. The molecule has 1 unspecified atom stereocenters. The van der Waals surface area contributed by atoms with Gasteiger partial charge in [0.2, 0.25) is 0 Å². The van der Waals surface area contributed by atoms with Gasteiger partial charge in [-0.25, -0.2) is 0 Å². The highest BCUT2D eigenvalue weighted by Gasteiger charge is 2.31. The lowest BCUT2D eigenvalue weighted by atomic mass is 9.74. The van der Waals surface area contributed by atoms with Gasteiger partial charge in [0, 0.05) is 29.6 Å². The predicted molar refractivity (Wildman–Crippen MR) is 80.5 cm³/mol. The fraction of sp³-hybridized carbons (Fsp3) is 0.625. The Balaban J connectivity index is 1.93. The highest BCUT2D eigenvalue weighted by atomic mass is 35.5. The summed E-state index contributed by atoms with van der Waals surface area (Å²) in [6.07, 6.45) is 6.07. The van der Waals surface area contributed by atoms with E-state index in [1.807, 2.05) is 18.2 Å². The summed E-state index contributed by atoms with van der Waals surface area (Å²) in [5.74, 6) is 0. The monoisotopic (exact) mass is 281 g/mol. The molecule has 1 fully saturated rings. The summed E-state index contributed by atoms with van der Waals surface area (Å²) in [5.41, 5.74) is 1.29. The maximum atomic E-state index is 9.71. The third kappa shape index (κ3) is 3.95. The first-order valence-electron chi connectivity index (χ1n) is 7.25. The molecule has 0 saturated heterocycles. The molecule has 1 aliphatic carbocycles. The Hall–Kier alpha value is -0.570. The first kappa shape index (κ1) is 14.8. The van der Waals surface area contributed by atoms with Crippen LogP contribution in [0, 0.1) is 5.41 Å². The second-order valence-electron chi connectivity index (χ2n) is 5.88. The lowest BCUT2D eigenvalue weighted by Crippen LogP contribution is -2.39. The Labute approximate surface area is 121 Å². The van der Waals surface area contributed by atoms with Crippen molar-refractivity contribution in [3.63, 3.8) is 0 Å². The normalized spacial score (nSPS) is 20.2. The van der Waals surface area contributed by atoms with E-state index in [2.05, 4.69) is 18.3 Å². The van der Waals surface area contributed by atoms with Crippen LogP contribution in [-0.4, -0.2) is 18.3 Å². The van der Waals surface area contributed by atoms with Gasteiger partial charge < -0.3 is 10.4 Å². The van der Waals surface area contributed by atoms with Crippen molar-refractivity contribution < 1.29 is 5.11 Å². The summed E-state index contributed by atoms with van der Waals surface area (Å²) in [4.78, 5) is 0. The minimum atomic E-state index is 0.0884. The fourth-order valence-electron chi connectivity index (χ4n) is 2.96. The van der Waals surface area contributed by atoms with E-state index in [1.165, 1.54) is 24.8 Å². The molecule has 0 bridgehead atoms. The van der Waals surface area contributed by atoms with E-state index in [0.29, 0.717) is 6.61 Å². The van der Waals surface area contributed by atoms with Crippen molar-refractivity contribution in [3.8, 4) is 0 Å². The van der Waals surface area contributed by atoms with Crippen LogP contribution in [0.2, 0.25) is 5.02 Å². The van der Waals surface area contributed by atoms with Crippen molar-refractivity contribution in [1.82, 2.24) is 5.32 Å². The molecular formula is C16H24ClNO. The molecule has 1 aliphatic rings. The second kappa shape index (κ2) is 6.74. The maximum Gasteiger partial charge on any atom is 0.0499 e. The van der Waals surface area contributed by atoms with Gasteiger partial charge in [0.15, 0.2) is 0 Å². The van der Waals surface area contributed by atoms with Crippen molar-refractivity contribution in [2.24, 2.45) is 5.41 Å². The summed E-state index contributed by atoms with van der Waals surface area (Å²) < 4.78 is 0. The van der Waals surface area contributed by atoms with Crippen molar-refractivity contribution in [3.05, 3.63) is 34.9 Å². The number of benzene rings is 1. The van der Waals surface area contributed by atoms with E-state index in [4.69, 9.17) is 11.6 Å². The summed E-state index contributed by atoms with van der Waals surface area (Å²) >= 11 is 6.02. The Bertz CT molecular complexity index is 401. The van der Waals surface area contributed by atoms with E-state index in [1.54, 1.807) is 0 Å². The van der Waals surface area contributed by atoms with Gasteiger partial charge in [0.05, 0.1) is 0 Å². The highest BCUT2D eigenvalue weighted by molar-refractivity contribution is 6.30. The first-order valence-corrected chi connectivity index (χ1v) is 7.63. The van der Waals surface area contributed by atoms with E-state index in [9.17, 15) is 5.11 Å². The SMILES string of the molecule is CC(NCC1(CO)CCCCC1)c1cccc(Cl)c1. The van der Waals surface area contributed by atoms with Gasteiger partial charge in [0.25, 0.3) is 0 Å². The molecule has 0 radical (unpaired) electrons. The molecule has 2 rings (SSSR count). The van der Waals surface area contributed by atoms with Crippen LogP contribution in [0.1, 0.15) is 50.6 Å². The highest BCUT2D eigenvalue weighted by Crippen LogP contribution is 2.35. The molecule has 2 N–H and O–H groups in total. The zero-order valence-electron chi connectivity index (χ0n) is 11.7. The smallest absolute Gasteiger partial charge is 0.0499 e. The molecule has 0 heterocycles. The third-order valence-electron chi connectivity index (χ3n) is 4.38. The van der Waals surface area contributed by atoms with Crippen LogP contribution in [0.15, 0.2) is 24.3 Å². The van der Waals surface area contributed by atoms with Gasteiger partial charge in [-0.3, -0.25) is 0 Å². The Morgan fingerprint density at radius 1 is 1.32 bits per heavy atom. The number of nitrogens with one attached hydrogen (secondary N) is 1. The zero-order valence-corrected chi connectivity index (χ0v) is 12.4. The van der Waals surface area contributed by atoms with Crippen molar-refractivity contribution >= 4 is 11.6 Å². The maximum absolute atomic E-state index is 9.71. The van der Waals surface area contributed by atoms with E-state index in [-0.39, 0.29) is 11.5 Å². The van der Waals surface area contributed by atoms with Crippen molar-refractivity contribution in [1.29, 1.82) is 0 Å². The third-order valence-corrected chi connectivity index (χ3v) is 4.62. The van der Waals surface area contributed by atoms with Crippen LogP contribution in [0.4, 0.5) is 0 Å². The Morgan fingerprint density at radius 2 is 2.05 bits per heavy atom. The van der Waals surface area contributed by atoms with E-state index >= 15 is 0 Å². The van der Waals surface area contributed by atoms with Crippen LogP contribution in [0.5, 0.6) is 0 Å². The number of hydrogen-bond donors (Lipinski definition) is 2. The van der Waals surface area contributed by atoms with Gasteiger partial charge in [-0.05, 0) is 37.5 Å². The average Bonchev–Trinajstić information content (AvgIpc) is 2.46. The van der Waals surface area contributed by atoms with Crippen molar-refractivity contribution in [2.75, 3.05) is 13.2 Å². The molecule has 0 aromatic heterocycles. The number of aliphatic hydroxyl groups is 1. The quantitative estimate of drug-likeness (QED) is 0.857. The number of halogens is 1. The van der Waals surface area contributed by atoms with Crippen LogP contribution < -0.4 is 5.32 Å². The van der Waals surface area contributed by atoms with Gasteiger partial charge in [-0.1, -0.05) is 43.0 Å². The van der Waals surface area contributed by atoms with Gasteiger partial charge in [-0.15, -0.1) is 0 Å². The molecule has 0 aliphatic heterocycles. The summed E-state index contributed by atoms with van der Waals surface area (Å²) in [6.45, 7) is 3.33. The predicted octanol–water partition coefficient (Wildman–Crippen LogP) is 3.93. The minimum Gasteiger partial charge on any atom is -0.396 e. The Morgan fingerprint density at radius 3 is 2.68 bits per heavy atom. The summed E-state index contributed by atoms with van der Waals surface area (Å²) in [5, 5.41) is 14.1. The number of rotatable bonds is 5. The van der Waals surface area contributed by atoms with Crippen LogP contribution in [0.3, 0.4) is 0 Å². The lowest BCUT2D eigenvalue weighted by Gasteiger charge is -2.36. The summed E-state index contributed by atoms with van der Waals surface area (Å²) in [7, 11) is 0. The topological polar surface area (TPSA) is 32.3 Å². The largest absolute Gasteiger partial charge is 0.396 e.